The van der Waals surface area contributed by atoms with Gasteiger partial charge in [-0.25, -0.2) is 5.43 Å². The van der Waals surface area contributed by atoms with Crippen LogP contribution in [0.5, 0.6) is 0 Å². The summed E-state index contributed by atoms with van der Waals surface area (Å²) in [4.78, 5) is 0. The van der Waals surface area contributed by atoms with Gasteiger partial charge in [-0.1, -0.05) is 0 Å². The van der Waals surface area contributed by atoms with Gasteiger partial charge in [0.15, 0.2) is 0 Å². The van der Waals surface area contributed by atoms with Crippen LogP contribution >= 0.6 is 0 Å². The lowest BCUT2D eigenvalue weighted by molar-refractivity contribution is -0.174. The minimum absolute atomic E-state index is 0.340. The number of hydrogen-bond donors (Lipinski definition) is 4. The Labute approximate surface area is 41.1 Å². The maximum atomic E-state index is 8.58. The zero-order chi connectivity index (χ0) is 5.33. The smallest absolute Gasteiger partial charge is 0.236 e. The van der Waals surface area contributed by atoms with Gasteiger partial charge in [-0.3, -0.25) is 5.43 Å². The highest BCUT2D eigenvalue weighted by Crippen LogP contribution is 2.01. The molecule has 0 amide bonds. The molecule has 1 aliphatic heterocycles. The first-order valence-corrected chi connectivity index (χ1v) is 2.15. The molecule has 42 valence electrons. The minimum Gasteiger partial charge on any atom is -0.352 e. The van der Waals surface area contributed by atoms with Gasteiger partial charge >= 0.3 is 0 Å². The van der Waals surface area contributed by atoms with E-state index in [4.69, 9.17) is 10.2 Å². The van der Waals surface area contributed by atoms with Gasteiger partial charge in [0.2, 0.25) is 5.91 Å². The zero-order valence-electron chi connectivity index (χ0n) is 3.81. The summed E-state index contributed by atoms with van der Waals surface area (Å²) in [5.41, 5.74) is 4.82. The molecule has 0 aromatic rings. The molecule has 1 saturated heterocycles. The number of hydrazine groups is 1. The highest BCUT2D eigenvalue weighted by atomic mass is 16.5. The molecule has 1 aliphatic rings. The molecular formula is C3H8N2O2. The topological polar surface area (TPSA) is 64.5 Å². The molecule has 4 heteroatoms. The van der Waals surface area contributed by atoms with Crippen molar-refractivity contribution in [2.45, 2.75) is 12.3 Å². The average molecular weight is 104 g/mol. The Morgan fingerprint density at radius 3 is 2.29 bits per heavy atom. The molecule has 0 saturated carbocycles. The normalized spacial score (nSPS) is 28.3. The van der Waals surface area contributed by atoms with Crippen LogP contribution in [0.15, 0.2) is 0 Å². The Morgan fingerprint density at radius 2 is 2.14 bits per heavy atom. The summed E-state index contributed by atoms with van der Waals surface area (Å²) in [6.07, 6.45) is 0.340. The molecule has 1 rings (SSSR count). The summed E-state index contributed by atoms with van der Waals surface area (Å²) < 4.78 is 0. The van der Waals surface area contributed by atoms with Gasteiger partial charge in [-0.15, -0.1) is 0 Å². The number of hydrogen-bond acceptors (Lipinski definition) is 4. The van der Waals surface area contributed by atoms with Crippen molar-refractivity contribution >= 4 is 0 Å². The van der Waals surface area contributed by atoms with Crippen molar-refractivity contribution in [3.8, 4) is 0 Å². The van der Waals surface area contributed by atoms with E-state index in [1.54, 1.807) is 0 Å². The molecule has 1 heterocycles. The molecule has 0 aromatic heterocycles. The van der Waals surface area contributed by atoms with E-state index < -0.39 is 5.91 Å². The first kappa shape index (κ1) is 4.99. The summed E-state index contributed by atoms with van der Waals surface area (Å²) in [7, 11) is 0. The van der Waals surface area contributed by atoms with Crippen LogP contribution in [0.25, 0.3) is 0 Å². The number of rotatable bonds is 0. The maximum absolute atomic E-state index is 8.58. The molecule has 0 radical (unpaired) electrons. The van der Waals surface area contributed by atoms with Crippen molar-refractivity contribution in [3.63, 3.8) is 0 Å². The van der Waals surface area contributed by atoms with Crippen LogP contribution in [0.4, 0.5) is 0 Å². The second kappa shape index (κ2) is 1.41. The second-order valence-corrected chi connectivity index (χ2v) is 1.62. The molecule has 1 fully saturated rings. The van der Waals surface area contributed by atoms with Crippen LogP contribution < -0.4 is 10.9 Å². The quantitative estimate of drug-likeness (QED) is 0.272. The predicted octanol–water partition coefficient (Wildman–Crippen LogP) is -1.88. The number of nitrogens with one attached hydrogen (secondary N) is 2. The zero-order valence-corrected chi connectivity index (χ0v) is 3.81. The Morgan fingerprint density at radius 1 is 1.43 bits per heavy atom. The second-order valence-electron chi connectivity index (χ2n) is 1.62. The van der Waals surface area contributed by atoms with Crippen LogP contribution in [0.2, 0.25) is 0 Å². The monoisotopic (exact) mass is 104 g/mol. The van der Waals surface area contributed by atoms with Crippen molar-refractivity contribution in [2.75, 3.05) is 6.54 Å². The van der Waals surface area contributed by atoms with Gasteiger partial charge in [0.1, 0.15) is 0 Å². The Hall–Kier alpha value is -0.160. The lowest BCUT2D eigenvalue weighted by Crippen LogP contribution is -2.43. The largest absolute Gasteiger partial charge is 0.352 e. The summed E-state index contributed by atoms with van der Waals surface area (Å²) in [5, 5.41) is 17.2. The van der Waals surface area contributed by atoms with Crippen molar-refractivity contribution in [1.82, 2.24) is 10.9 Å². The average Bonchev–Trinajstić information content (AvgIpc) is 1.84. The van der Waals surface area contributed by atoms with Gasteiger partial charge < -0.3 is 10.2 Å². The van der Waals surface area contributed by atoms with E-state index in [9.17, 15) is 0 Å². The molecule has 0 bridgehead atoms. The molecule has 4 nitrogen and oxygen atoms in total. The van der Waals surface area contributed by atoms with Crippen molar-refractivity contribution in [2.24, 2.45) is 0 Å². The van der Waals surface area contributed by atoms with Gasteiger partial charge in [-0.2, -0.15) is 0 Å². The molecule has 0 aliphatic carbocycles. The maximum Gasteiger partial charge on any atom is 0.236 e. The first-order valence-electron chi connectivity index (χ1n) is 2.15. The van der Waals surface area contributed by atoms with Gasteiger partial charge in [0.25, 0.3) is 0 Å². The van der Waals surface area contributed by atoms with Crippen LogP contribution in [0.1, 0.15) is 6.42 Å². The summed E-state index contributed by atoms with van der Waals surface area (Å²) in [5.74, 6) is -1.67. The van der Waals surface area contributed by atoms with Gasteiger partial charge in [-0.05, 0) is 0 Å². The highest BCUT2D eigenvalue weighted by molar-refractivity contribution is 4.66. The molecule has 0 aromatic carbocycles. The summed E-state index contributed by atoms with van der Waals surface area (Å²) >= 11 is 0. The SMILES string of the molecule is OC1(O)CCNN1. The highest BCUT2D eigenvalue weighted by Gasteiger charge is 2.26. The molecule has 7 heavy (non-hydrogen) atoms. The summed E-state index contributed by atoms with van der Waals surface area (Å²) in [6.45, 7) is 0.604. The van der Waals surface area contributed by atoms with E-state index in [-0.39, 0.29) is 0 Å². The lowest BCUT2D eigenvalue weighted by atomic mass is 10.4. The van der Waals surface area contributed by atoms with Crippen molar-refractivity contribution < 1.29 is 10.2 Å². The van der Waals surface area contributed by atoms with E-state index in [1.807, 2.05) is 0 Å². The summed E-state index contributed by atoms with van der Waals surface area (Å²) in [6, 6.07) is 0. The van der Waals surface area contributed by atoms with Crippen LogP contribution in [-0.2, 0) is 0 Å². The molecule has 0 unspecified atom stereocenters. The van der Waals surface area contributed by atoms with Gasteiger partial charge in [0, 0.05) is 13.0 Å². The molecule has 4 N–H and O–H groups in total. The number of aliphatic hydroxyl groups is 2. The van der Waals surface area contributed by atoms with E-state index in [0.29, 0.717) is 13.0 Å². The van der Waals surface area contributed by atoms with Crippen LogP contribution in [-0.4, -0.2) is 22.7 Å². The standard InChI is InChI=1S/C3H8N2O2/c6-3(7)1-2-4-5-3/h4-7H,1-2H2. The lowest BCUT2D eigenvalue weighted by Gasteiger charge is -2.11. The van der Waals surface area contributed by atoms with E-state index in [2.05, 4.69) is 10.9 Å². The third-order valence-corrected chi connectivity index (χ3v) is 0.887. The first-order chi connectivity index (χ1) is 3.21. The fraction of sp³-hybridized carbons (Fsp3) is 1.00. The van der Waals surface area contributed by atoms with Crippen LogP contribution in [0.3, 0.4) is 0 Å². The molecule has 0 spiro atoms. The predicted molar refractivity (Wildman–Crippen MR) is 22.9 cm³/mol. The van der Waals surface area contributed by atoms with E-state index in [0.717, 1.165) is 0 Å². The molecular weight excluding hydrogens is 96.0 g/mol. The van der Waals surface area contributed by atoms with Gasteiger partial charge in [0.05, 0.1) is 0 Å². The molecule has 0 atom stereocenters. The third kappa shape index (κ3) is 1.10. The fourth-order valence-corrected chi connectivity index (χ4v) is 0.503. The third-order valence-electron chi connectivity index (χ3n) is 0.887. The van der Waals surface area contributed by atoms with E-state index in [1.165, 1.54) is 0 Å². The minimum atomic E-state index is -1.67. The van der Waals surface area contributed by atoms with E-state index >= 15 is 0 Å². The van der Waals surface area contributed by atoms with Crippen LogP contribution in [0, 0.1) is 0 Å². The fourth-order valence-electron chi connectivity index (χ4n) is 0.503. The van der Waals surface area contributed by atoms with Crippen molar-refractivity contribution in [1.29, 1.82) is 0 Å². The van der Waals surface area contributed by atoms with Crippen molar-refractivity contribution in [3.05, 3.63) is 0 Å². The Balaban J connectivity index is 2.40. The Bertz CT molecular complexity index is 65.3. The Kier molecular flexibility index (Phi) is 1.01.